The van der Waals surface area contributed by atoms with Gasteiger partial charge in [0.15, 0.2) is 5.69 Å². The van der Waals surface area contributed by atoms with Crippen LogP contribution in [0.5, 0.6) is 0 Å². The van der Waals surface area contributed by atoms with E-state index < -0.39 is 5.82 Å². The number of rotatable bonds is 4. The molecule has 0 unspecified atom stereocenters. The van der Waals surface area contributed by atoms with Gasteiger partial charge in [0.25, 0.3) is 5.91 Å². The summed E-state index contributed by atoms with van der Waals surface area (Å²) >= 11 is 0. The molecule has 9 heteroatoms. The number of aryl methyl sites for hydroxylation is 1. The van der Waals surface area contributed by atoms with Gasteiger partial charge in [-0.05, 0) is 43.5 Å². The van der Waals surface area contributed by atoms with Gasteiger partial charge >= 0.3 is 0 Å². The zero-order valence-electron chi connectivity index (χ0n) is 19.3. The first-order valence-electron chi connectivity index (χ1n) is 11.7. The number of hydrogen-bond acceptors (Lipinski definition) is 4. The van der Waals surface area contributed by atoms with Crippen molar-refractivity contribution in [3.8, 4) is 17.1 Å². The van der Waals surface area contributed by atoms with Crippen LogP contribution in [0.4, 0.5) is 10.1 Å². The predicted octanol–water partition coefficient (Wildman–Crippen LogP) is 4.17. The molecule has 2 aromatic heterocycles. The molecule has 1 amide bonds. The van der Waals surface area contributed by atoms with Gasteiger partial charge < -0.3 is 10.6 Å². The number of carbonyl (C=O) groups excluding carboxylic acids is 1. The molecule has 1 saturated carbocycles. The van der Waals surface area contributed by atoms with Gasteiger partial charge in [-0.3, -0.25) is 14.0 Å². The molecule has 2 fully saturated rings. The van der Waals surface area contributed by atoms with E-state index in [4.69, 9.17) is 17.3 Å². The molecule has 0 radical (unpaired) electrons. The lowest BCUT2D eigenvalue weighted by molar-refractivity contribution is 0.0784. The Morgan fingerprint density at radius 2 is 2.03 bits per heavy atom. The predicted molar refractivity (Wildman–Crippen MR) is 130 cm³/mol. The van der Waals surface area contributed by atoms with Crippen molar-refractivity contribution >= 4 is 22.5 Å². The minimum atomic E-state index is -0.612. The zero-order chi connectivity index (χ0) is 24.3. The van der Waals surface area contributed by atoms with Crippen molar-refractivity contribution in [2.45, 2.75) is 31.2 Å². The van der Waals surface area contributed by atoms with E-state index in [2.05, 4.69) is 9.94 Å². The maximum Gasteiger partial charge on any atom is 0.274 e. The van der Waals surface area contributed by atoms with E-state index in [0.717, 1.165) is 41.5 Å². The molecule has 3 heterocycles. The van der Waals surface area contributed by atoms with Crippen molar-refractivity contribution < 1.29 is 9.18 Å². The summed E-state index contributed by atoms with van der Waals surface area (Å²) in [5.41, 5.74) is 9.40. The molecule has 35 heavy (non-hydrogen) atoms. The van der Waals surface area contributed by atoms with Gasteiger partial charge in [0.1, 0.15) is 11.6 Å². The van der Waals surface area contributed by atoms with E-state index >= 15 is 0 Å². The highest BCUT2D eigenvalue weighted by Crippen LogP contribution is 2.45. The van der Waals surface area contributed by atoms with Crippen LogP contribution >= 0.6 is 0 Å². The molecule has 1 atom stereocenters. The highest BCUT2D eigenvalue weighted by atomic mass is 19.1. The number of aromatic nitrogens is 4. The summed E-state index contributed by atoms with van der Waals surface area (Å²) < 4.78 is 18.4. The Labute approximate surface area is 201 Å². The first-order chi connectivity index (χ1) is 16.9. The Bertz CT molecular complexity index is 1520. The van der Waals surface area contributed by atoms with E-state index in [1.807, 2.05) is 36.0 Å². The van der Waals surface area contributed by atoms with Crippen molar-refractivity contribution in [3.63, 3.8) is 0 Å². The third-order valence-electron chi connectivity index (χ3n) is 6.78. The smallest absolute Gasteiger partial charge is 0.274 e. The summed E-state index contributed by atoms with van der Waals surface area (Å²) in [6.45, 7) is 8.28. The molecule has 6 rings (SSSR count). The van der Waals surface area contributed by atoms with Crippen molar-refractivity contribution in [2.24, 2.45) is 12.8 Å². The Balaban J connectivity index is 1.58. The summed E-state index contributed by atoms with van der Waals surface area (Å²) in [4.78, 5) is 23.4. The van der Waals surface area contributed by atoms with Crippen LogP contribution in [-0.4, -0.2) is 49.3 Å². The first-order valence-corrected chi connectivity index (χ1v) is 11.7. The second-order valence-corrected chi connectivity index (χ2v) is 9.40. The Morgan fingerprint density at radius 1 is 1.20 bits per heavy atom. The monoisotopic (exact) mass is 469 g/mol. The molecule has 2 aliphatic rings. The maximum atomic E-state index is 14.7. The second kappa shape index (κ2) is 8.03. The number of nitrogens with zero attached hydrogens (tertiary/aromatic N) is 6. The summed E-state index contributed by atoms with van der Waals surface area (Å²) in [5.74, 6) is -0.0849. The van der Waals surface area contributed by atoms with Crippen LogP contribution in [0, 0.1) is 12.4 Å². The molecular formula is C26H24FN7O. The van der Waals surface area contributed by atoms with Gasteiger partial charge in [-0.2, -0.15) is 5.10 Å². The molecular weight excluding hydrogens is 445 g/mol. The molecule has 4 aromatic rings. The maximum absolute atomic E-state index is 14.7. The molecule has 0 spiro atoms. The van der Waals surface area contributed by atoms with Crippen molar-refractivity contribution in [1.82, 2.24) is 24.2 Å². The second-order valence-electron chi connectivity index (χ2n) is 9.40. The molecule has 8 nitrogen and oxygen atoms in total. The van der Waals surface area contributed by atoms with Gasteiger partial charge in [0, 0.05) is 54.9 Å². The Morgan fingerprint density at radius 3 is 2.71 bits per heavy atom. The van der Waals surface area contributed by atoms with Crippen LogP contribution in [-0.2, 0) is 7.05 Å². The number of likely N-dealkylation sites (tertiary alicyclic amines) is 1. The standard InChI is InChI=1S/C26H24FN7O/c1-29-21-8-6-16(11-20(21)27)25-30-23(26(35)33-10-9-18(28)14-33)24(15-3-4-15)34(25)19-7-5-17-13-32(2)31-22(17)12-19/h5-8,11-13,15,18H,3-4,9-10,14,28H2,2H3/t18-/m0/s1. The number of amides is 1. The summed E-state index contributed by atoms with van der Waals surface area (Å²) in [7, 11) is 1.87. The average Bonchev–Trinajstić information content (AvgIpc) is 3.28. The van der Waals surface area contributed by atoms with Gasteiger partial charge in [0.05, 0.1) is 17.8 Å². The first kappa shape index (κ1) is 21.5. The highest BCUT2D eigenvalue weighted by Gasteiger charge is 2.38. The quantitative estimate of drug-likeness (QED) is 0.455. The molecule has 1 aliphatic heterocycles. The van der Waals surface area contributed by atoms with Crippen LogP contribution in [0.2, 0.25) is 0 Å². The Hall–Kier alpha value is -4.03. The van der Waals surface area contributed by atoms with Crippen LogP contribution in [0.1, 0.15) is 41.4 Å². The van der Waals surface area contributed by atoms with Gasteiger partial charge in [-0.25, -0.2) is 14.2 Å². The summed E-state index contributed by atoms with van der Waals surface area (Å²) in [6, 6.07) is 10.4. The largest absolute Gasteiger partial charge is 0.336 e. The van der Waals surface area contributed by atoms with Crippen molar-refractivity contribution in [1.29, 1.82) is 0 Å². The minimum absolute atomic E-state index is 0.0355. The minimum Gasteiger partial charge on any atom is -0.336 e. The fourth-order valence-electron chi connectivity index (χ4n) is 4.90. The van der Waals surface area contributed by atoms with Gasteiger partial charge in [-0.15, -0.1) is 0 Å². The SMILES string of the molecule is [C-]#[N+]c1ccc(-c2nc(C(=O)N3CC[C@H](N)C3)c(C3CC3)n2-c2ccc3cn(C)nc3c2)cc1F. The van der Waals surface area contributed by atoms with Crippen LogP contribution < -0.4 is 5.73 Å². The summed E-state index contributed by atoms with van der Waals surface area (Å²) in [6.07, 6.45) is 4.63. The van der Waals surface area contributed by atoms with Crippen LogP contribution in [0.3, 0.4) is 0 Å². The molecule has 1 saturated heterocycles. The lowest BCUT2D eigenvalue weighted by Crippen LogP contribution is -2.32. The van der Waals surface area contributed by atoms with E-state index in [1.165, 1.54) is 12.1 Å². The third kappa shape index (κ3) is 3.67. The number of fused-ring (bicyclic) bond motifs is 1. The average molecular weight is 470 g/mol. The van der Waals surface area contributed by atoms with E-state index in [9.17, 15) is 9.18 Å². The molecule has 2 aromatic carbocycles. The highest BCUT2D eigenvalue weighted by molar-refractivity contribution is 5.95. The van der Waals surface area contributed by atoms with E-state index in [-0.39, 0.29) is 23.6 Å². The fraction of sp³-hybridized carbons (Fsp3) is 0.308. The lowest BCUT2D eigenvalue weighted by atomic mass is 10.1. The number of benzene rings is 2. The van der Waals surface area contributed by atoms with Crippen molar-refractivity contribution in [2.75, 3.05) is 13.1 Å². The Kier molecular flexibility index (Phi) is 4.93. The van der Waals surface area contributed by atoms with E-state index in [1.54, 1.807) is 15.6 Å². The molecule has 1 aliphatic carbocycles. The fourth-order valence-corrected chi connectivity index (χ4v) is 4.90. The molecule has 2 N–H and O–H groups in total. The van der Waals surface area contributed by atoms with Crippen molar-refractivity contribution in [3.05, 3.63) is 71.2 Å². The molecule has 176 valence electrons. The topological polar surface area (TPSA) is 86.3 Å². The summed E-state index contributed by atoms with van der Waals surface area (Å²) in [5, 5.41) is 5.54. The van der Waals surface area contributed by atoms with Crippen LogP contribution in [0.25, 0.3) is 32.8 Å². The van der Waals surface area contributed by atoms with Crippen LogP contribution in [0.15, 0.2) is 42.6 Å². The molecule has 0 bridgehead atoms. The number of imidazole rings is 1. The zero-order valence-corrected chi connectivity index (χ0v) is 19.3. The van der Waals surface area contributed by atoms with Gasteiger partial charge in [-0.1, -0.05) is 12.1 Å². The number of nitrogens with two attached hydrogens (primary N) is 1. The number of carbonyl (C=O) groups is 1. The van der Waals surface area contributed by atoms with Gasteiger partial charge in [0.2, 0.25) is 5.69 Å². The van der Waals surface area contributed by atoms with E-state index in [0.29, 0.717) is 30.2 Å². The normalized spacial score (nSPS) is 17.8. The number of halogens is 1. The lowest BCUT2D eigenvalue weighted by Gasteiger charge is -2.16. The number of hydrogen-bond donors (Lipinski definition) is 1. The third-order valence-corrected chi connectivity index (χ3v) is 6.78.